The molecule has 1 aliphatic carbocycles. The van der Waals surface area contributed by atoms with E-state index in [2.05, 4.69) is 15.5 Å². The van der Waals surface area contributed by atoms with Gasteiger partial charge in [0, 0.05) is 11.6 Å². The Labute approximate surface area is 162 Å². The van der Waals surface area contributed by atoms with Gasteiger partial charge in [-0.25, -0.2) is 0 Å². The summed E-state index contributed by atoms with van der Waals surface area (Å²) in [5.74, 6) is 2.09. The third-order valence-corrected chi connectivity index (χ3v) is 4.54. The van der Waals surface area contributed by atoms with Crippen molar-refractivity contribution in [2.24, 2.45) is 5.73 Å². The SMILES string of the molecule is N[C@@H](Cc1ccccc1)C(=O)Nc1ccc(OCc2noc(C3CC3)n2)cc1. The number of nitrogens with two attached hydrogens (primary N) is 1. The summed E-state index contributed by atoms with van der Waals surface area (Å²) in [7, 11) is 0. The fourth-order valence-electron chi connectivity index (χ4n) is 2.80. The standard InChI is InChI=1S/C21H22N4O3/c22-18(12-14-4-2-1-3-5-14)20(26)23-16-8-10-17(11-9-16)27-13-19-24-21(28-25-19)15-6-7-15/h1-5,8-11,15,18H,6-7,12-13,22H2,(H,23,26)/t18-/m0/s1. The van der Waals surface area contributed by atoms with Gasteiger partial charge < -0.3 is 20.3 Å². The van der Waals surface area contributed by atoms with Crippen molar-refractivity contribution in [3.63, 3.8) is 0 Å². The molecular formula is C21H22N4O3. The zero-order valence-corrected chi connectivity index (χ0v) is 15.4. The fraction of sp³-hybridized carbons (Fsp3) is 0.286. The van der Waals surface area contributed by atoms with Crippen LogP contribution in [0.1, 0.15) is 36.0 Å². The van der Waals surface area contributed by atoms with Gasteiger partial charge in [-0.15, -0.1) is 0 Å². The number of carbonyl (C=O) groups is 1. The van der Waals surface area contributed by atoms with Crippen LogP contribution in [0.3, 0.4) is 0 Å². The summed E-state index contributed by atoms with van der Waals surface area (Å²) in [5.41, 5.74) is 7.70. The monoisotopic (exact) mass is 378 g/mol. The predicted octanol–water partition coefficient (Wildman–Crippen LogP) is 3.03. The molecule has 144 valence electrons. The number of nitrogens with zero attached hydrogens (tertiary/aromatic N) is 2. The largest absolute Gasteiger partial charge is 0.485 e. The molecule has 0 spiro atoms. The normalized spacial score (nSPS) is 14.5. The van der Waals surface area contributed by atoms with Gasteiger partial charge in [0.05, 0.1) is 6.04 Å². The second-order valence-corrected chi connectivity index (χ2v) is 6.92. The number of aromatic nitrogens is 2. The van der Waals surface area contributed by atoms with E-state index in [0.717, 1.165) is 18.4 Å². The van der Waals surface area contributed by atoms with Crippen LogP contribution in [0.2, 0.25) is 0 Å². The summed E-state index contributed by atoms with van der Waals surface area (Å²) in [6.45, 7) is 0.240. The average Bonchev–Trinajstić information content (AvgIpc) is 3.46. The number of hydrogen-bond acceptors (Lipinski definition) is 6. The Morgan fingerprint density at radius 3 is 2.64 bits per heavy atom. The van der Waals surface area contributed by atoms with Crippen LogP contribution in [0.15, 0.2) is 59.1 Å². The molecule has 0 unspecified atom stereocenters. The Morgan fingerprint density at radius 2 is 1.93 bits per heavy atom. The zero-order valence-electron chi connectivity index (χ0n) is 15.4. The van der Waals surface area contributed by atoms with E-state index in [9.17, 15) is 4.79 Å². The van der Waals surface area contributed by atoms with E-state index in [-0.39, 0.29) is 12.5 Å². The molecule has 1 heterocycles. The third kappa shape index (κ3) is 4.75. The Bertz CT molecular complexity index is 920. The van der Waals surface area contributed by atoms with Gasteiger partial charge in [0.2, 0.25) is 17.6 Å². The zero-order chi connectivity index (χ0) is 19.3. The summed E-state index contributed by atoms with van der Waals surface area (Å²) in [6.07, 6.45) is 2.72. The maximum absolute atomic E-state index is 12.3. The lowest BCUT2D eigenvalue weighted by Gasteiger charge is -2.13. The summed E-state index contributed by atoms with van der Waals surface area (Å²) < 4.78 is 10.9. The molecule has 0 radical (unpaired) electrons. The van der Waals surface area contributed by atoms with E-state index in [4.69, 9.17) is 15.0 Å². The molecule has 2 aromatic carbocycles. The molecule has 7 nitrogen and oxygen atoms in total. The van der Waals surface area contributed by atoms with Crippen molar-refractivity contribution in [1.82, 2.24) is 10.1 Å². The minimum atomic E-state index is -0.614. The third-order valence-electron chi connectivity index (χ3n) is 4.54. The van der Waals surface area contributed by atoms with Crippen molar-refractivity contribution < 1.29 is 14.1 Å². The van der Waals surface area contributed by atoms with Crippen molar-refractivity contribution in [2.75, 3.05) is 5.32 Å². The lowest BCUT2D eigenvalue weighted by molar-refractivity contribution is -0.117. The Morgan fingerprint density at radius 1 is 1.18 bits per heavy atom. The van der Waals surface area contributed by atoms with Crippen LogP contribution in [0, 0.1) is 0 Å². The lowest BCUT2D eigenvalue weighted by Crippen LogP contribution is -2.37. The van der Waals surface area contributed by atoms with E-state index in [1.54, 1.807) is 24.3 Å². The Kier molecular flexibility index (Phi) is 5.34. The molecule has 1 saturated carbocycles. The van der Waals surface area contributed by atoms with Gasteiger partial charge in [-0.1, -0.05) is 35.5 Å². The van der Waals surface area contributed by atoms with Crippen molar-refractivity contribution in [2.45, 2.75) is 37.8 Å². The smallest absolute Gasteiger partial charge is 0.241 e. The van der Waals surface area contributed by atoms with Crippen LogP contribution in [0.5, 0.6) is 5.75 Å². The van der Waals surface area contributed by atoms with Gasteiger partial charge in [-0.05, 0) is 49.1 Å². The number of carbonyl (C=O) groups excluding carboxylic acids is 1. The summed E-state index contributed by atoms with van der Waals surface area (Å²) in [6, 6.07) is 16.2. The molecule has 1 aliphatic rings. The van der Waals surface area contributed by atoms with Crippen LogP contribution in [-0.4, -0.2) is 22.1 Å². The maximum atomic E-state index is 12.3. The summed E-state index contributed by atoms with van der Waals surface area (Å²) in [5, 5.41) is 6.75. The van der Waals surface area contributed by atoms with Gasteiger partial charge >= 0.3 is 0 Å². The molecular weight excluding hydrogens is 356 g/mol. The van der Waals surface area contributed by atoms with Crippen molar-refractivity contribution in [1.29, 1.82) is 0 Å². The maximum Gasteiger partial charge on any atom is 0.241 e. The molecule has 28 heavy (non-hydrogen) atoms. The number of rotatable bonds is 8. The first-order valence-electron chi connectivity index (χ1n) is 9.33. The number of hydrogen-bond donors (Lipinski definition) is 2. The van der Waals surface area contributed by atoms with Gasteiger partial charge in [0.25, 0.3) is 0 Å². The van der Waals surface area contributed by atoms with Crippen molar-refractivity contribution in [3.8, 4) is 5.75 Å². The van der Waals surface area contributed by atoms with E-state index in [0.29, 0.717) is 35.5 Å². The van der Waals surface area contributed by atoms with Crippen molar-refractivity contribution in [3.05, 3.63) is 71.9 Å². The number of amides is 1. The first kappa shape index (κ1) is 18.2. The molecule has 1 amide bonds. The number of ether oxygens (including phenoxy) is 1. The molecule has 4 rings (SSSR count). The summed E-state index contributed by atoms with van der Waals surface area (Å²) in [4.78, 5) is 16.6. The summed E-state index contributed by atoms with van der Waals surface area (Å²) >= 11 is 0. The Hall–Kier alpha value is -3.19. The quantitative estimate of drug-likeness (QED) is 0.624. The van der Waals surface area contributed by atoms with Crippen LogP contribution < -0.4 is 15.8 Å². The van der Waals surface area contributed by atoms with Gasteiger partial charge in [-0.2, -0.15) is 4.98 Å². The second-order valence-electron chi connectivity index (χ2n) is 6.92. The first-order valence-corrected chi connectivity index (χ1v) is 9.33. The van der Waals surface area contributed by atoms with E-state index in [1.807, 2.05) is 30.3 Å². The van der Waals surface area contributed by atoms with Gasteiger partial charge in [0.15, 0.2) is 6.61 Å². The molecule has 3 aromatic rings. The number of anilines is 1. The van der Waals surface area contributed by atoms with Crippen LogP contribution in [0.25, 0.3) is 0 Å². The van der Waals surface area contributed by atoms with E-state index >= 15 is 0 Å². The number of nitrogens with one attached hydrogen (secondary N) is 1. The minimum absolute atomic E-state index is 0.225. The molecule has 0 saturated heterocycles. The van der Waals surface area contributed by atoms with Crippen molar-refractivity contribution >= 4 is 11.6 Å². The Balaban J connectivity index is 1.26. The van der Waals surface area contributed by atoms with Gasteiger partial charge in [-0.3, -0.25) is 4.79 Å². The molecule has 3 N–H and O–H groups in total. The van der Waals surface area contributed by atoms with E-state index < -0.39 is 6.04 Å². The molecule has 1 aromatic heterocycles. The predicted molar refractivity (Wildman–Crippen MR) is 104 cm³/mol. The molecule has 1 atom stereocenters. The first-order chi connectivity index (χ1) is 13.7. The highest BCUT2D eigenvalue weighted by atomic mass is 16.5. The topological polar surface area (TPSA) is 103 Å². The number of benzene rings is 2. The van der Waals surface area contributed by atoms with Crippen LogP contribution in [-0.2, 0) is 17.8 Å². The molecule has 0 bridgehead atoms. The van der Waals surface area contributed by atoms with Gasteiger partial charge in [0.1, 0.15) is 5.75 Å². The molecule has 0 aliphatic heterocycles. The van der Waals surface area contributed by atoms with Crippen LogP contribution in [0.4, 0.5) is 5.69 Å². The minimum Gasteiger partial charge on any atom is -0.485 e. The average molecular weight is 378 g/mol. The highest BCUT2D eigenvalue weighted by Gasteiger charge is 2.29. The lowest BCUT2D eigenvalue weighted by atomic mass is 10.1. The molecule has 7 heteroatoms. The van der Waals surface area contributed by atoms with E-state index in [1.165, 1.54) is 0 Å². The van der Waals surface area contributed by atoms with Crippen LogP contribution >= 0.6 is 0 Å². The highest BCUT2D eigenvalue weighted by molar-refractivity contribution is 5.94. The molecule has 1 fully saturated rings. The second kappa shape index (κ2) is 8.22. The fourth-order valence-corrected chi connectivity index (χ4v) is 2.80. The highest BCUT2D eigenvalue weighted by Crippen LogP contribution is 2.38.